The van der Waals surface area contributed by atoms with Crippen LogP contribution in [0.4, 0.5) is 17.1 Å². The molecule has 2 aliphatic rings. The van der Waals surface area contributed by atoms with Crippen molar-refractivity contribution < 1.29 is 14.5 Å². The lowest BCUT2D eigenvalue weighted by Gasteiger charge is -2.30. The molecule has 0 spiro atoms. The lowest BCUT2D eigenvalue weighted by atomic mass is 10.0. The predicted octanol–water partition coefficient (Wildman–Crippen LogP) is 4.42. The van der Waals surface area contributed by atoms with E-state index in [-0.39, 0.29) is 29.5 Å². The number of hydrogen-bond acceptors (Lipinski definition) is 5. The predicted molar refractivity (Wildman–Crippen MR) is 123 cm³/mol. The summed E-state index contributed by atoms with van der Waals surface area (Å²) < 4.78 is 0. The molecule has 2 N–H and O–H groups in total. The van der Waals surface area contributed by atoms with Gasteiger partial charge in [-0.05, 0) is 62.8 Å². The smallest absolute Gasteiger partial charge is 0.270 e. The maximum absolute atomic E-state index is 13.1. The van der Waals surface area contributed by atoms with Crippen molar-refractivity contribution in [3.05, 3.63) is 63.7 Å². The summed E-state index contributed by atoms with van der Waals surface area (Å²) >= 11 is 0. The number of nitro groups is 1. The maximum atomic E-state index is 13.1. The minimum Gasteiger partial charge on any atom is -0.371 e. The Balaban J connectivity index is 1.48. The summed E-state index contributed by atoms with van der Waals surface area (Å²) in [6.07, 6.45) is 5.13. The summed E-state index contributed by atoms with van der Waals surface area (Å²) in [4.78, 5) is 38.0. The number of rotatable bonds is 7. The number of hydrogen-bond donors (Lipinski definition) is 2. The third-order valence-electron chi connectivity index (χ3n) is 6.11. The zero-order valence-electron chi connectivity index (χ0n) is 18.2. The van der Waals surface area contributed by atoms with E-state index in [1.807, 2.05) is 31.2 Å². The van der Waals surface area contributed by atoms with Crippen LogP contribution in [-0.4, -0.2) is 29.8 Å². The van der Waals surface area contributed by atoms with Crippen LogP contribution in [0.5, 0.6) is 0 Å². The Kier molecular flexibility index (Phi) is 6.39. The lowest BCUT2D eigenvalue weighted by Crippen LogP contribution is -2.33. The van der Waals surface area contributed by atoms with E-state index in [0.29, 0.717) is 5.56 Å². The van der Waals surface area contributed by atoms with Crippen molar-refractivity contribution in [3.63, 3.8) is 0 Å². The molecule has 2 aromatic rings. The van der Waals surface area contributed by atoms with E-state index in [1.165, 1.54) is 12.1 Å². The highest BCUT2D eigenvalue weighted by atomic mass is 16.6. The Morgan fingerprint density at radius 3 is 2.38 bits per heavy atom. The molecule has 1 unspecified atom stereocenters. The molecule has 0 radical (unpaired) electrons. The molecule has 4 rings (SSSR count). The van der Waals surface area contributed by atoms with Gasteiger partial charge in [-0.25, -0.2) is 0 Å². The third kappa shape index (κ3) is 5.07. The quantitative estimate of drug-likeness (QED) is 0.494. The van der Waals surface area contributed by atoms with Crippen LogP contribution < -0.4 is 15.5 Å². The number of nitrogens with one attached hydrogen (secondary N) is 2. The summed E-state index contributed by atoms with van der Waals surface area (Å²) in [7, 11) is 0. The number of benzene rings is 2. The number of carbonyl (C=O) groups excluding carboxylic acids is 2. The first-order chi connectivity index (χ1) is 15.4. The Hall–Kier alpha value is -3.42. The monoisotopic (exact) mass is 436 g/mol. The highest BCUT2D eigenvalue weighted by Gasteiger charge is 2.29. The molecule has 2 fully saturated rings. The molecule has 2 aromatic carbocycles. The van der Waals surface area contributed by atoms with Crippen molar-refractivity contribution in [2.45, 2.75) is 45.1 Å². The van der Waals surface area contributed by atoms with Crippen molar-refractivity contribution in [2.24, 2.45) is 5.92 Å². The van der Waals surface area contributed by atoms with Gasteiger partial charge in [0.1, 0.15) is 0 Å². The summed E-state index contributed by atoms with van der Waals surface area (Å²) in [5.41, 5.74) is 2.57. The van der Waals surface area contributed by atoms with Crippen molar-refractivity contribution in [1.29, 1.82) is 0 Å². The number of amides is 2. The fourth-order valence-corrected chi connectivity index (χ4v) is 4.03. The van der Waals surface area contributed by atoms with Gasteiger partial charge < -0.3 is 15.5 Å². The molecule has 1 aliphatic carbocycles. The van der Waals surface area contributed by atoms with Gasteiger partial charge in [-0.3, -0.25) is 19.7 Å². The van der Waals surface area contributed by atoms with E-state index in [0.717, 1.165) is 62.1 Å². The maximum Gasteiger partial charge on any atom is 0.270 e. The largest absolute Gasteiger partial charge is 0.371 e. The highest BCUT2D eigenvalue weighted by Crippen LogP contribution is 2.31. The zero-order valence-corrected chi connectivity index (χ0v) is 18.2. The van der Waals surface area contributed by atoms with Crippen molar-refractivity contribution in [3.8, 4) is 0 Å². The molecule has 1 saturated carbocycles. The fourth-order valence-electron chi connectivity index (χ4n) is 4.03. The average molecular weight is 437 g/mol. The number of carbonyl (C=O) groups is 2. The van der Waals surface area contributed by atoms with E-state index in [1.54, 1.807) is 6.07 Å². The van der Waals surface area contributed by atoms with E-state index < -0.39 is 4.92 Å². The Morgan fingerprint density at radius 1 is 1.06 bits per heavy atom. The zero-order chi connectivity index (χ0) is 22.7. The van der Waals surface area contributed by atoms with Gasteiger partial charge in [-0.1, -0.05) is 12.1 Å². The van der Waals surface area contributed by atoms with Crippen LogP contribution in [0, 0.1) is 16.0 Å². The van der Waals surface area contributed by atoms with Crippen molar-refractivity contribution >= 4 is 28.9 Å². The van der Waals surface area contributed by atoms with Crippen LogP contribution in [0.2, 0.25) is 0 Å². The first kappa shape index (κ1) is 21.8. The normalized spacial score (nSPS) is 16.8. The molecule has 0 aromatic heterocycles. The van der Waals surface area contributed by atoms with Gasteiger partial charge >= 0.3 is 0 Å². The number of piperidine rings is 1. The van der Waals surface area contributed by atoms with Crippen LogP contribution in [-0.2, 0) is 4.79 Å². The summed E-state index contributed by atoms with van der Waals surface area (Å²) in [5.74, 6) is -0.153. The SMILES string of the molecule is CC(NC(=O)c1cc([N+](=O)[O-])ccc1N1CCCCC1)c1ccc(NC(=O)C2CC2)cc1. The Bertz CT molecular complexity index is 1010. The molecule has 168 valence electrons. The van der Waals surface area contributed by atoms with Crippen LogP contribution >= 0.6 is 0 Å². The standard InChI is InChI=1S/C24H28N4O4/c1-16(17-7-9-19(10-8-17)26-23(29)18-5-6-18)25-24(30)21-15-20(28(31)32)11-12-22(21)27-13-3-2-4-14-27/h7-12,15-16,18H,2-6,13-14H2,1H3,(H,25,30)(H,26,29). The summed E-state index contributed by atoms with van der Waals surface area (Å²) in [6, 6.07) is 11.6. The first-order valence-electron chi connectivity index (χ1n) is 11.2. The summed E-state index contributed by atoms with van der Waals surface area (Å²) in [5, 5.41) is 17.2. The molecule has 2 amide bonds. The van der Waals surface area contributed by atoms with Crippen LogP contribution in [0.15, 0.2) is 42.5 Å². The Morgan fingerprint density at radius 2 is 1.75 bits per heavy atom. The second kappa shape index (κ2) is 9.38. The second-order valence-electron chi connectivity index (χ2n) is 8.59. The average Bonchev–Trinajstić information content (AvgIpc) is 3.65. The lowest BCUT2D eigenvalue weighted by molar-refractivity contribution is -0.384. The molecular weight excluding hydrogens is 408 g/mol. The van der Waals surface area contributed by atoms with E-state index >= 15 is 0 Å². The topological polar surface area (TPSA) is 105 Å². The number of nitro benzene ring substituents is 1. The molecule has 32 heavy (non-hydrogen) atoms. The summed E-state index contributed by atoms with van der Waals surface area (Å²) in [6.45, 7) is 3.54. The van der Waals surface area contributed by atoms with Gasteiger partial charge in [0.15, 0.2) is 0 Å². The van der Waals surface area contributed by atoms with E-state index in [2.05, 4.69) is 15.5 Å². The molecule has 1 aliphatic heterocycles. The van der Waals surface area contributed by atoms with Crippen molar-refractivity contribution in [1.82, 2.24) is 5.32 Å². The molecule has 1 atom stereocenters. The number of non-ortho nitro benzene ring substituents is 1. The van der Waals surface area contributed by atoms with E-state index in [9.17, 15) is 19.7 Å². The van der Waals surface area contributed by atoms with Crippen LogP contribution in [0.1, 0.15) is 61.0 Å². The van der Waals surface area contributed by atoms with Gasteiger partial charge in [0.2, 0.25) is 5.91 Å². The van der Waals surface area contributed by atoms with Gasteiger partial charge in [0.25, 0.3) is 11.6 Å². The Labute approximate surface area is 187 Å². The number of nitrogens with zero attached hydrogens (tertiary/aromatic N) is 2. The molecular formula is C24H28N4O4. The van der Waals surface area contributed by atoms with Crippen molar-refractivity contribution in [2.75, 3.05) is 23.3 Å². The van der Waals surface area contributed by atoms with Gasteiger partial charge in [0, 0.05) is 36.8 Å². The molecule has 1 heterocycles. The first-order valence-corrected chi connectivity index (χ1v) is 11.2. The molecule has 0 bridgehead atoms. The van der Waals surface area contributed by atoms with Gasteiger partial charge in [0.05, 0.1) is 22.2 Å². The minimum absolute atomic E-state index is 0.0509. The van der Waals surface area contributed by atoms with Crippen LogP contribution in [0.3, 0.4) is 0 Å². The highest BCUT2D eigenvalue weighted by molar-refractivity contribution is 6.00. The van der Waals surface area contributed by atoms with E-state index in [4.69, 9.17) is 0 Å². The van der Waals surface area contributed by atoms with Gasteiger partial charge in [-0.15, -0.1) is 0 Å². The number of anilines is 2. The second-order valence-corrected chi connectivity index (χ2v) is 8.59. The van der Waals surface area contributed by atoms with Gasteiger partial charge in [-0.2, -0.15) is 0 Å². The van der Waals surface area contributed by atoms with Crippen LogP contribution in [0.25, 0.3) is 0 Å². The fraction of sp³-hybridized carbons (Fsp3) is 0.417. The molecule has 8 nitrogen and oxygen atoms in total. The molecule has 1 saturated heterocycles. The minimum atomic E-state index is -0.477. The third-order valence-corrected chi connectivity index (χ3v) is 6.11. The molecule has 8 heteroatoms.